The van der Waals surface area contributed by atoms with Crippen LogP contribution in [0.25, 0.3) is 0 Å². The van der Waals surface area contributed by atoms with Crippen LogP contribution in [0, 0.1) is 11.3 Å². The third kappa shape index (κ3) is 3.71. The highest BCUT2D eigenvalue weighted by atomic mass is 19.1. The van der Waals surface area contributed by atoms with E-state index in [1.165, 1.54) is 0 Å². The lowest BCUT2D eigenvalue weighted by molar-refractivity contribution is -0.135. The minimum Gasteiger partial charge on any atom is -0.372 e. The predicted molar refractivity (Wildman–Crippen MR) is 102 cm³/mol. The van der Waals surface area contributed by atoms with Gasteiger partial charge in [0.25, 0.3) is 0 Å². The standard InChI is InChI=1S/C21H31FN4O2/c22-17-9-21(10-17)2-5-25(6-3-21)13-18-8-16-1-4-26(14-19(16)28-18)20(27)7-15-11-23-24-12-15/h11-12,16-19H,1-10,13-14H2,(H,23,24)/t16-,18?,19-/m0/s1. The van der Waals surface area contributed by atoms with Crippen LogP contribution >= 0.6 is 0 Å². The molecule has 1 spiro atoms. The molecule has 7 heteroatoms. The van der Waals surface area contributed by atoms with E-state index in [0.29, 0.717) is 17.8 Å². The first-order valence-corrected chi connectivity index (χ1v) is 10.9. The molecule has 3 aliphatic heterocycles. The first kappa shape index (κ1) is 18.6. The minimum absolute atomic E-state index is 0.167. The molecule has 0 bridgehead atoms. The SMILES string of the molecule is O=C(Cc1cn[nH]c1)N1CC[C@H]2CC(CN3CCC4(CC3)CC(F)C4)O[C@H]2C1. The molecule has 4 heterocycles. The van der Waals surface area contributed by atoms with Gasteiger partial charge in [-0.05, 0) is 68.5 Å². The third-order valence-electron chi connectivity index (χ3n) is 7.58. The fraction of sp³-hybridized carbons (Fsp3) is 0.810. The predicted octanol–water partition coefficient (Wildman–Crippen LogP) is 2.17. The van der Waals surface area contributed by atoms with E-state index < -0.39 is 6.17 Å². The van der Waals surface area contributed by atoms with E-state index in [-0.39, 0.29) is 18.1 Å². The van der Waals surface area contributed by atoms with Gasteiger partial charge in [-0.2, -0.15) is 5.10 Å². The number of rotatable bonds is 4. The van der Waals surface area contributed by atoms with Crippen LogP contribution in [0.2, 0.25) is 0 Å². The highest BCUT2D eigenvalue weighted by Gasteiger charge is 2.47. The van der Waals surface area contributed by atoms with Crippen LogP contribution in [0.4, 0.5) is 4.39 Å². The summed E-state index contributed by atoms with van der Waals surface area (Å²) in [6, 6.07) is 0. The number of hydrogen-bond acceptors (Lipinski definition) is 4. The highest BCUT2D eigenvalue weighted by molar-refractivity contribution is 5.78. The van der Waals surface area contributed by atoms with Crippen LogP contribution in [-0.4, -0.2) is 77.0 Å². The summed E-state index contributed by atoms with van der Waals surface area (Å²) in [5, 5.41) is 6.68. The molecule has 1 saturated carbocycles. The molecule has 28 heavy (non-hydrogen) atoms. The van der Waals surface area contributed by atoms with Crippen LogP contribution in [0.3, 0.4) is 0 Å². The second-order valence-corrected chi connectivity index (χ2v) is 9.51. The molecular weight excluding hydrogens is 359 g/mol. The summed E-state index contributed by atoms with van der Waals surface area (Å²) in [6.45, 7) is 4.71. The van der Waals surface area contributed by atoms with Crippen molar-refractivity contribution in [3.8, 4) is 0 Å². The number of aromatic amines is 1. The average molecular weight is 391 g/mol. The summed E-state index contributed by atoms with van der Waals surface area (Å²) in [7, 11) is 0. The van der Waals surface area contributed by atoms with Gasteiger partial charge in [-0.3, -0.25) is 9.89 Å². The Morgan fingerprint density at radius 3 is 2.86 bits per heavy atom. The van der Waals surface area contributed by atoms with Gasteiger partial charge in [0, 0.05) is 25.8 Å². The molecule has 1 aromatic rings. The fourth-order valence-electron chi connectivity index (χ4n) is 5.82. The van der Waals surface area contributed by atoms with Crippen molar-refractivity contribution >= 4 is 5.91 Å². The third-order valence-corrected chi connectivity index (χ3v) is 7.58. The summed E-state index contributed by atoms with van der Waals surface area (Å²) in [5.74, 6) is 0.748. The van der Waals surface area contributed by atoms with Crippen LogP contribution < -0.4 is 0 Å². The molecule has 5 rings (SSSR count). The first-order chi connectivity index (χ1) is 13.6. The van der Waals surface area contributed by atoms with Crippen LogP contribution in [0.5, 0.6) is 0 Å². The molecule has 0 radical (unpaired) electrons. The van der Waals surface area contributed by atoms with Gasteiger partial charge < -0.3 is 14.5 Å². The summed E-state index contributed by atoms with van der Waals surface area (Å²) in [4.78, 5) is 17.0. The second-order valence-electron chi connectivity index (χ2n) is 9.51. The monoisotopic (exact) mass is 390 g/mol. The van der Waals surface area contributed by atoms with Crippen molar-refractivity contribution in [2.75, 3.05) is 32.7 Å². The van der Waals surface area contributed by atoms with E-state index >= 15 is 0 Å². The van der Waals surface area contributed by atoms with Crippen LogP contribution in [-0.2, 0) is 16.0 Å². The maximum Gasteiger partial charge on any atom is 0.227 e. The number of nitrogens with one attached hydrogen (secondary N) is 1. The summed E-state index contributed by atoms with van der Waals surface area (Å²) in [5.41, 5.74) is 1.25. The Hall–Kier alpha value is -1.47. The van der Waals surface area contributed by atoms with Crippen molar-refractivity contribution in [1.82, 2.24) is 20.0 Å². The number of H-pyrrole nitrogens is 1. The Morgan fingerprint density at radius 1 is 1.32 bits per heavy atom. The van der Waals surface area contributed by atoms with E-state index in [9.17, 15) is 9.18 Å². The lowest BCUT2D eigenvalue weighted by Crippen LogP contribution is -2.49. The maximum atomic E-state index is 13.3. The van der Waals surface area contributed by atoms with Gasteiger partial charge in [0.05, 0.1) is 24.8 Å². The zero-order valence-electron chi connectivity index (χ0n) is 16.5. The van der Waals surface area contributed by atoms with Crippen molar-refractivity contribution in [3.05, 3.63) is 18.0 Å². The van der Waals surface area contributed by atoms with Crippen LogP contribution in [0.15, 0.2) is 12.4 Å². The number of nitrogens with zero attached hydrogens (tertiary/aromatic N) is 3. The van der Waals surface area contributed by atoms with Gasteiger partial charge in [0.2, 0.25) is 5.91 Å². The number of carbonyl (C=O) groups excluding carboxylic acids is 1. The number of hydrogen-bond donors (Lipinski definition) is 1. The van der Waals surface area contributed by atoms with Crippen molar-refractivity contribution < 1.29 is 13.9 Å². The Labute approximate surface area is 165 Å². The van der Waals surface area contributed by atoms with Gasteiger partial charge in [-0.25, -0.2) is 4.39 Å². The van der Waals surface area contributed by atoms with Gasteiger partial charge >= 0.3 is 0 Å². The van der Waals surface area contributed by atoms with Crippen molar-refractivity contribution in [1.29, 1.82) is 0 Å². The highest BCUT2D eigenvalue weighted by Crippen LogP contribution is 2.50. The zero-order valence-corrected chi connectivity index (χ0v) is 16.5. The molecule has 1 aliphatic carbocycles. The first-order valence-electron chi connectivity index (χ1n) is 10.9. The maximum absolute atomic E-state index is 13.3. The largest absolute Gasteiger partial charge is 0.372 e. The topological polar surface area (TPSA) is 61.5 Å². The number of aromatic nitrogens is 2. The van der Waals surface area contributed by atoms with Gasteiger partial charge in [0.1, 0.15) is 6.17 Å². The molecule has 3 saturated heterocycles. The molecule has 154 valence electrons. The molecule has 4 fully saturated rings. The Kier molecular flexibility index (Phi) is 4.91. The summed E-state index contributed by atoms with van der Waals surface area (Å²) < 4.78 is 19.6. The summed E-state index contributed by atoms with van der Waals surface area (Å²) in [6.07, 6.45) is 9.83. The fourth-order valence-corrected chi connectivity index (χ4v) is 5.82. The molecule has 0 aromatic carbocycles. The number of alkyl halides is 1. The van der Waals surface area contributed by atoms with Gasteiger partial charge in [-0.15, -0.1) is 0 Å². The van der Waals surface area contributed by atoms with Crippen molar-refractivity contribution in [2.24, 2.45) is 11.3 Å². The number of fused-ring (bicyclic) bond motifs is 1. The number of carbonyl (C=O) groups is 1. The number of amides is 1. The van der Waals surface area contributed by atoms with E-state index in [1.54, 1.807) is 12.4 Å². The normalized spacial score (nSPS) is 33.0. The molecular formula is C21H31FN4O2. The van der Waals surface area contributed by atoms with E-state index in [2.05, 4.69) is 15.1 Å². The van der Waals surface area contributed by atoms with Crippen molar-refractivity contribution in [2.45, 2.75) is 63.3 Å². The Morgan fingerprint density at radius 2 is 2.14 bits per heavy atom. The molecule has 1 unspecified atom stereocenters. The van der Waals surface area contributed by atoms with Gasteiger partial charge in [0.15, 0.2) is 0 Å². The van der Waals surface area contributed by atoms with Gasteiger partial charge in [-0.1, -0.05) is 0 Å². The smallest absolute Gasteiger partial charge is 0.227 e. The minimum atomic E-state index is -0.549. The molecule has 6 nitrogen and oxygen atoms in total. The molecule has 4 aliphatic rings. The number of likely N-dealkylation sites (tertiary alicyclic amines) is 2. The lowest BCUT2D eigenvalue weighted by atomic mass is 9.62. The summed E-state index contributed by atoms with van der Waals surface area (Å²) >= 11 is 0. The molecule has 1 aromatic heterocycles. The average Bonchev–Trinajstić information content (AvgIpc) is 3.30. The zero-order chi connectivity index (χ0) is 19.1. The Balaban J connectivity index is 1.09. The number of halogens is 1. The van der Waals surface area contributed by atoms with Crippen molar-refractivity contribution in [3.63, 3.8) is 0 Å². The molecule has 3 atom stereocenters. The second kappa shape index (κ2) is 7.41. The van der Waals surface area contributed by atoms with Crippen LogP contribution in [0.1, 0.15) is 44.1 Å². The Bertz CT molecular complexity index is 681. The van der Waals surface area contributed by atoms with E-state index in [1.807, 2.05) is 4.90 Å². The molecule has 1 N–H and O–H groups in total. The van der Waals surface area contributed by atoms with E-state index in [4.69, 9.17) is 4.74 Å². The number of ether oxygens (including phenoxy) is 1. The quantitative estimate of drug-likeness (QED) is 0.856. The number of piperidine rings is 2. The molecule has 1 amide bonds. The lowest BCUT2D eigenvalue weighted by Gasteiger charge is -2.49. The van der Waals surface area contributed by atoms with E-state index in [0.717, 1.165) is 76.8 Å².